The maximum Gasteiger partial charge on any atom is 0.226 e. The minimum Gasteiger partial charge on any atom is -0.508 e. The Morgan fingerprint density at radius 1 is 1.36 bits per heavy atom. The summed E-state index contributed by atoms with van der Waals surface area (Å²) in [6.07, 6.45) is 1.16. The number of nitrogens with one attached hydrogen (secondary N) is 1. The second kappa shape index (κ2) is 7.51. The highest BCUT2D eigenvalue weighted by molar-refractivity contribution is 8.01. The summed E-state index contributed by atoms with van der Waals surface area (Å²) >= 11 is 2.68. The van der Waals surface area contributed by atoms with Gasteiger partial charge < -0.3 is 15.5 Å². The summed E-state index contributed by atoms with van der Waals surface area (Å²) in [6, 6.07) is 3.04. The predicted octanol–water partition coefficient (Wildman–Crippen LogP) is 3.08. The maximum absolute atomic E-state index is 11.6. The van der Waals surface area contributed by atoms with Crippen LogP contribution in [0, 0.1) is 6.92 Å². The van der Waals surface area contributed by atoms with E-state index in [1.54, 1.807) is 6.92 Å². The average molecular weight is 338 g/mol. The Bertz CT molecular complexity index is 671. The molecule has 3 N–H and O–H groups in total. The number of aryl methyl sites for hydroxylation is 1. The molecule has 0 bridgehead atoms. The molecule has 5 nitrogen and oxygen atoms in total. The first-order valence-corrected chi connectivity index (χ1v) is 8.60. The molecular weight excluding hydrogens is 320 g/mol. The van der Waals surface area contributed by atoms with Crippen LogP contribution in [-0.2, 0) is 11.2 Å². The molecule has 2 rings (SSSR count). The summed E-state index contributed by atoms with van der Waals surface area (Å²) in [7, 11) is 0. The number of hydrogen-bond acceptors (Lipinski definition) is 6. The van der Waals surface area contributed by atoms with Gasteiger partial charge in [0.1, 0.15) is 11.5 Å². The lowest BCUT2D eigenvalue weighted by molar-refractivity contribution is -0.120. The highest BCUT2D eigenvalue weighted by atomic mass is 32.2. The second-order valence-corrected chi connectivity index (χ2v) is 6.99. The Balaban J connectivity index is 2.03. The number of thiazole rings is 1. The van der Waals surface area contributed by atoms with Crippen molar-refractivity contribution in [2.24, 2.45) is 0 Å². The van der Waals surface area contributed by atoms with Gasteiger partial charge in [0.2, 0.25) is 5.91 Å². The number of hydrogen-bond donors (Lipinski definition) is 3. The molecule has 118 valence electrons. The average Bonchev–Trinajstić information content (AvgIpc) is 2.89. The van der Waals surface area contributed by atoms with Gasteiger partial charge >= 0.3 is 0 Å². The number of phenolic OH excluding ortho intramolecular Hbond substituents is 2. The molecule has 1 amide bonds. The van der Waals surface area contributed by atoms with E-state index in [2.05, 4.69) is 10.3 Å². The van der Waals surface area contributed by atoms with E-state index in [-0.39, 0.29) is 23.8 Å². The van der Waals surface area contributed by atoms with Crippen LogP contribution >= 0.6 is 23.1 Å². The van der Waals surface area contributed by atoms with Gasteiger partial charge in [0.25, 0.3) is 0 Å². The Labute approximate surface area is 137 Å². The summed E-state index contributed by atoms with van der Waals surface area (Å²) in [5.41, 5.74) is 1.33. The molecule has 0 radical (unpaired) electrons. The highest BCUT2D eigenvalue weighted by Gasteiger charge is 2.12. The van der Waals surface area contributed by atoms with E-state index in [1.807, 2.05) is 12.3 Å². The van der Waals surface area contributed by atoms with Gasteiger partial charge in [-0.05, 0) is 31.0 Å². The van der Waals surface area contributed by atoms with Crippen LogP contribution in [0.15, 0.2) is 26.7 Å². The summed E-state index contributed by atoms with van der Waals surface area (Å²) in [5, 5.41) is 24.3. The van der Waals surface area contributed by atoms with Crippen LogP contribution in [-0.4, -0.2) is 27.6 Å². The molecule has 0 fully saturated rings. The van der Waals surface area contributed by atoms with Gasteiger partial charge in [-0.15, -0.1) is 11.3 Å². The molecule has 1 heterocycles. The van der Waals surface area contributed by atoms with Crippen molar-refractivity contribution >= 4 is 29.0 Å². The molecule has 0 saturated heterocycles. The standard InChI is InChI=1S/C15H18N2O3S2/c1-3-4-16-14(20)6-10-8-21-15(17-10)22-13-7-11(18)9(2)5-12(13)19/h5,7-8,18-19H,3-4,6H2,1-2H3,(H,16,20). The topological polar surface area (TPSA) is 82.5 Å². The number of carbonyl (C=O) groups is 1. The van der Waals surface area contributed by atoms with Gasteiger partial charge in [-0.3, -0.25) is 4.79 Å². The fraction of sp³-hybridized carbons (Fsp3) is 0.333. The third-order valence-corrected chi connectivity index (χ3v) is 4.95. The largest absolute Gasteiger partial charge is 0.508 e. The van der Waals surface area contributed by atoms with E-state index in [1.165, 1.54) is 35.2 Å². The maximum atomic E-state index is 11.6. The summed E-state index contributed by atoms with van der Waals surface area (Å²) in [4.78, 5) is 16.6. The quantitative estimate of drug-likeness (QED) is 0.705. The first kappa shape index (κ1) is 16.6. The molecule has 1 aromatic carbocycles. The first-order chi connectivity index (χ1) is 10.5. The van der Waals surface area contributed by atoms with Gasteiger partial charge in [0.15, 0.2) is 4.34 Å². The van der Waals surface area contributed by atoms with Gasteiger partial charge in [-0.25, -0.2) is 4.98 Å². The molecule has 0 aliphatic heterocycles. The van der Waals surface area contributed by atoms with Crippen LogP contribution < -0.4 is 5.32 Å². The van der Waals surface area contributed by atoms with E-state index in [0.717, 1.165) is 10.8 Å². The minimum atomic E-state index is -0.0421. The zero-order valence-electron chi connectivity index (χ0n) is 12.4. The second-order valence-electron chi connectivity index (χ2n) is 4.84. The number of benzene rings is 1. The van der Waals surface area contributed by atoms with E-state index < -0.39 is 0 Å². The zero-order chi connectivity index (χ0) is 16.1. The van der Waals surface area contributed by atoms with Crippen molar-refractivity contribution in [3.8, 4) is 11.5 Å². The Morgan fingerprint density at radius 3 is 2.86 bits per heavy atom. The fourth-order valence-corrected chi connectivity index (χ4v) is 3.58. The van der Waals surface area contributed by atoms with Crippen LogP contribution in [0.2, 0.25) is 0 Å². The molecule has 0 atom stereocenters. The third kappa shape index (κ3) is 4.38. The predicted molar refractivity (Wildman–Crippen MR) is 87.8 cm³/mol. The molecule has 7 heteroatoms. The smallest absolute Gasteiger partial charge is 0.226 e. The molecule has 0 spiro atoms. The van der Waals surface area contributed by atoms with E-state index >= 15 is 0 Å². The summed E-state index contributed by atoms with van der Waals surface area (Å²) < 4.78 is 0.719. The van der Waals surface area contributed by atoms with E-state index in [4.69, 9.17) is 0 Å². The monoisotopic (exact) mass is 338 g/mol. The summed E-state index contributed by atoms with van der Waals surface area (Å²) in [5.74, 6) is 0.202. The van der Waals surface area contributed by atoms with Crippen molar-refractivity contribution in [2.45, 2.75) is 35.9 Å². The molecule has 0 unspecified atom stereocenters. The highest BCUT2D eigenvalue weighted by Crippen LogP contribution is 2.39. The Morgan fingerprint density at radius 2 is 2.14 bits per heavy atom. The molecular formula is C15H18N2O3S2. The lowest BCUT2D eigenvalue weighted by Gasteiger charge is -2.05. The molecule has 2 aromatic rings. The minimum absolute atomic E-state index is 0.0421. The first-order valence-electron chi connectivity index (χ1n) is 6.91. The van der Waals surface area contributed by atoms with Crippen LogP contribution in [0.25, 0.3) is 0 Å². The van der Waals surface area contributed by atoms with Crippen molar-refractivity contribution in [3.63, 3.8) is 0 Å². The van der Waals surface area contributed by atoms with Crippen molar-refractivity contribution in [1.82, 2.24) is 10.3 Å². The van der Waals surface area contributed by atoms with Crippen LogP contribution in [0.4, 0.5) is 0 Å². The lowest BCUT2D eigenvalue weighted by Crippen LogP contribution is -2.25. The van der Waals surface area contributed by atoms with E-state index in [9.17, 15) is 15.0 Å². The molecule has 22 heavy (non-hydrogen) atoms. The van der Waals surface area contributed by atoms with Gasteiger partial charge in [-0.1, -0.05) is 18.7 Å². The fourth-order valence-electron chi connectivity index (χ4n) is 1.75. The van der Waals surface area contributed by atoms with Gasteiger partial charge in [-0.2, -0.15) is 0 Å². The molecule has 0 aliphatic rings. The number of nitrogens with zero attached hydrogens (tertiary/aromatic N) is 1. The van der Waals surface area contributed by atoms with Crippen molar-refractivity contribution in [1.29, 1.82) is 0 Å². The molecule has 1 aromatic heterocycles. The lowest BCUT2D eigenvalue weighted by atomic mass is 10.2. The van der Waals surface area contributed by atoms with Crippen molar-refractivity contribution in [3.05, 3.63) is 28.8 Å². The number of aromatic nitrogens is 1. The number of rotatable bonds is 6. The Kier molecular flexibility index (Phi) is 5.68. The van der Waals surface area contributed by atoms with Crippen LogP contribution in [0.3, 0.4) is 0 Å². The van der Waals surface area contributed by atoms with Crippen molar-refractivity contribution < 1.29 is 15.0 Å². The molecule has 0 aliphatic carbocycles. The van der Waals surface area contributed by atoms with Crippen LogP contribution in [0.5, 0.6) is 11.5 Å². The SMILES string of the molecule is CCCNC(=O)Cc1csc(Sc2cc(O)c(C)cc2O)n1. The van der Waals surface area contributed by atoms with Crippen molar-refractivity contribution in [2.75, 3.05) is 6.54 Å². The summed E-state index contributed by atoms with van der Waals surface area (Å²) in [6.45, 7) is 4.39. The number of carbonyl (C=O) groups excluding carboxylic acids is 1. The normalized spacial score (nSPS) is 10.6. The number of aromatic hydroxyl groups is 2. The van der Waals surface area contributed by atoms with E-state index in [0.29, 0.717) is 22.7 Å². The third-order valence-electron chi connectivity index (χ3n) is 2.92. The zero-order valence-corrected chi connectivity index (χ0v) is 14.1. The number of phenols is 2. The van der Waals surface area contributed by atoms with Crippen LogP contribution in [0.1, 0.15) is 24.6 Å². The molecule has 0 saturated carbocycles. The Hall–Kier alpha value is -1.73. The van der Waals surface area contributed by atoms with Gasteiger partial charge in [0.05, 0.1) is 17.0 Å². The van der Waals surface area contributed by atoms with Gasteiger partial charge in [0, 0.05) is 11.9 Å². The number of amides is 1.